The molecule has 0 amide bonds. The summed E-state index contributed by atoms with van der Waals surface area (Å²) in [6, 6.07) is 2.01. The summed E-state index contributed by atoms with van der Waals surface area (Å²) in [5.74, 6) is 2.87. The molecule has 0 aliphatic carbocycles. The molecule has 8 nitrogen and oxygen atoms in total. The highest BCUT2D eigenvalue weighted by Crippen LogP contribution is 2.18. The molecule has 0 spiro atoms. The number of hydrogen-bond acceptors (Lipinski definition) is 7. The number of rotatable bonds is 4. The third kappa shape index (κ3) is 2.84. The normalized spacial score (nSPS) is 16.4. The quantitative estimate of drug-likeness (QED) is 0.719. The Hall–Kier alpha value is -2.48. The fraction of sp³-hybridized carbons (Fsp3) is 0.500. The maximum atomic E-state index is 5.53. The minimum atomic E-state index is 0.327. The molecule has 0 bridgehead atoms. The molecule has 0 radical (unpaired) electrons. The number of fused-ring (bicyclic) bond motifs is 1. The standard InChI is InChI=1S/C16H21N7O/c1-12(2)15-19-13(10-24-15)9-21-5-7-22(8-6-21)14-3-4-17-16-20-18-11-23(14)16/h3-4,10-12H,5-9H2,1-2H3. The van der Waals surface area contributed by atoms with Crippen molar-refractivity contribution in [1.82, 2.24) is 29.5 Å². The monoisotopic (exact) mass is 327 g/mol. The van der Waals surface area contributed by atoms with E-state index in [0.29, 0.717) is 11.7 Å². The Kier molecular flexibility index (Phi) is 3.89. The van der Waals surface area contributed by atoms with E-state index >= 15 is 0 Å². The Balaban J connectivity index is 1.40. The van der Waals surface area contributed by atoms with E-state index in [1.807, 2.05) is 10.5 Å². The van der Waals surface area contributed by atoms with Gasteiger partial charge in [-0.3, -0.25) is 9.30 Å². The van der Waals surface area contributed by atoms with Crippen LogP contribution in [0.2, 0.25) is 0 Å². The maximum absolute atomic E-state index is 5.53. The van der Waals surface area contributed by atoms with Crippen LogP contribution in [-0.4, -0.2) is 55.6 Å². The molecule has 0 N–H and O–H groups in total. The fourth-order valence-electron chi connectivity index (χ4n) is 3.01. The first-order valence-electron chi connectivity index (χ1n) is 8.27. The van der Waals surface area contributed by atoms with Gasteiger partial charge in [-0.05, 0) is 6.07 Å². The second-order valence-electron chi connectivity index (χ2n) is 6.40. The molecule has 126 valence electrons. The van der Waals surface area contributed by atoms with Crippen LogP contribution in [0.3, 0.4) is 0 Å². The van der Waals surface area contributed by atoms with Crippen LogP contribution in [0.1, 0.15) is 31.4 Å². The first-order valence-corrected chi connectivity index (χ1v) is 8.27. The van der Waals surface area contributed by atoms with Crippen molar-refractivity contribution in [2.75, 3.05) is 31.1 Å². The van der Waals surface area contributed by atoms with Gasteiger partial charge in [0.05, 0.1) is 5.69 Å². The second kappa shape index (κ2) is 6.20. The lowest BCUT2D eigenvalue weighted by molar-refractivity contribution is 0.246. The van der Waals surface area contributed by atoms with E-state index in [9.17, 15) is 0 Å². The highest BCUT2D eigenvalue weighted by Gasteiger charge is 2.20. The zero-order valence-corrected chi connectivity index (χ0v) is 14.0. The molecule has 0 unspecified atom stereocenters. The second-order valence-corrected chi connectivity index (χ2v) is 6.40. The third-order valence-corrected chi connectivity index (χ3v) is 4.34. The molecule has 4 heterocycles. The van der Waals surface area contributed by atoms with Crippen LogP contribution in [-0.2, 0) is 6.54 Å². The first kappa shape index (κ1) is 15.1. The SMILES string of the molecule is CC(C)c1nc(CN2CCN(c3ccnc4nncn34)CC2)co1. The minimum absolute atomic E-state index is 0.327. The van der Waals surface area contributed by atoms with E-state index in [4.69, 9.17) is 4.42 Å². The van der Waals surface area contributed by atoms with Gasteiger partial charge in [0.2, 0.25) is 0 Å². The van der Waals surface area contributed by atoms with Gasteiger partial charge in [0.1, 0.15) is 18.4 Å². The highest BCUT2D eigenvalue weighted by atomic mass is 16.3. The van der Waals surface area contributed by atoms with Crippen molar-refractivity contribution in [3.8, 4) is 0 Å². The predicted octanol–water partition coefficient (Wildman–Crippen LogP) is 1.56. The van der Waals surface area contributed by atoms with Crippen LogP contribution in [0, 0.1) is 0 Å². The molecule has 1 aliphatic heterocycles. The summed E-state index contributed by atoms with van der Waals surface area (Å²) in [6.07, 6.45) is 5.28. The Morgan fingerprint density at radius 2 is 2.04 bits per heavy atom. The van der Waals surface area contributed by atoms with Crippen LogP contribution >= 0.6 is 0 Å². The van der Waals surface area contributed by atoms with Gasteiger partial charge in [0.15, 0.2) is 5.89 Å². The van der Waals surface area contributed by atoms with Crippen molar-refractivity contribution in [2.45, 2.75) is 26.3 Å². The van der Waals surface area contributed by atoms with E-state index in [1.165, 1.54) is 0 Å². The summed E-state index contributed by atoms with van der Waals surface area (Å²) in [7, 11) is 0. The first-order chi connectivity index (χ1) is 11.7. The molecule has 4 rings (SSSR count). The zero-order valence-electron chi connectivity index (χ0n) is 14.0. The Morgan fingerprint density at radius 1 is 1.21 bits per heavy atom. The summed E-state index contributed by atoms with van der Waals surface area (Å²) in [5.41, 5.74) is 1.01. The van der Waals surface area contributed by atoms with Gasteiger partial charge >= 0.3 is 0 Å². The molecule has 1 aliphatic rings. The van der Waals surface area contributed by atoms with Gasteiger partial charge in [0.25, 0.3) is 5.78 Å². The molecule has 0 saturated carbocycles. The van der Waals surface area contributed by atoms with E-state index < -0.39 is 0 Å². The Morgan fingerprint density at radius 3 is 2.79 bits per heavy atom. The summed E-state index contributed by atoms with van der Waals surface area (Å²) in [5, 5.41) is 7.95. The molecule has 3 aromatic rings. The van der Waals surface area contributed by atoms with Crippen LogP contribution < -0.4 is 4.90 Å². The molecular weight excluding hydrogens is 306 g/mol. The van der Waals surface area contributed by atoms with Gasteiger partial charge in [-0.15, -0.1) is 10.2 Å². The van der Waals surface area contributed by atoms with Gasteiger partial charge < -0.3 is 9.32 Å². The molecule has 0 aromatic carbocycles. The van der Waals surface area contributed by atoms with Crippen molar-refractivity contribution in [2.24, 2.45) is 0 Å². The molecule has 1 fully saturated rings. The van der Waals surface area contributed by atoms with Gasteiger partial charge in [-0.1, -0.05) is 13.8 Å². The highest BCUT2D eigenvalue weighted by molar-refractivity contribution is 5.46. The van der Waals surface area contributed by atoms with Crippen molar-refractivity contribution in [1.29, 1.82) is 0 Å². The molecular formula is C16H21N7O. The average molecular weight is 327 g/mol. The lowest BCUT2D eigenvalue weighted by atomic mass is 10.2. The van der Waals surface area contributed by atoms with Crippen LogP contribution in [0.15, 0.2) is 29.3 Å². The molecule has 24 heavy (non-hydrogen) atoms. The largest absolute Gasteiger partial charge is 0.448 e. The topological polar surface area (TPSA) is 75.6 Å². The van der Waals surface area contributed by atoms with Gasteiger partial charge in [-0.25, -0.2) is 9.97 Å². The molecule has 8 heteroatoms. The number of oxazole rings is 1. The number of anilines is 1. The van der Waals surface area contributed by atoms with E-state index in [-0.39, 0.29) is 0 Å². The van der Waals surface area contributed by atoms with Crippen LogP contribution in [0.5, 0.6) is 0 Å². The Labute approximate surface area is 140 Å². The van der Waals surface area contributed by atoms with Gasteiger partial charge in [0, 0.05) is 44.8 Å². The number of piperazine rings is 1. The smallest absolute Gasteiger partial charge is 0.256 e. The van der Waals surface area contributed by atoms with Crippen molar-refractivity contribution in [3.05, 3.63) is 36.4 Å². The number of hydrogen-bond donors (Lipinski definition) is 0. The lowest BCUT2D eigenvalue weighted by Gasteiger charge is -2.35. The summed E-state index contributed by atoms with van der Waals surface area (Å²) in [6.45, 7) is 8.88. The Bertz CT molecular complexity index is 817. The van der Waals surface area contributed by atoms with Gasteiger partial charge in [-0.2, -0.15) is 0 Å². The maximum Gasteiger partial charge on any atom is 0.256 e. The fourth-order valence-corrected chi connectivity index (χ4v) is 3.01. The number of aromatic nitrogens is 5. The number of nitrogens with zero attached hydrogens (tertiary/aromatic N) is 7. The van der Waals surface area contributed by atoms with Crippen LogP contribution in [0.25, 0.3) is 5.78 Å². The minimum Gasteiger partial charge on any atom is -0.448 e. The predicted molar refractivity (Wildman–Crippen MR) is 88.9 cm³/mol. The molecule has 3 aromatic heterocycles. The van der Waals surface area contributed by atoms with Crippen molar-refractivity contribution in [3.63, 3.8) is 0 Å². The van der Waals surface area contributed by atoms with E-state index in [0.717, 1.165) is 50.1 Å². The van der Waals surface area contributed by atoms with Crippen molar-refractivity contribution < 1.29 is 4.42 Å². The van der Waals surface area contributed by atoms with E-state index in [1.54, 1.807) is 18.8 Å². The average Bonchev–Trinajstić information content (AvgIpc) is 3.24. The summed E-state index contributed by atoms with van der Waals surface area (Å²) in [4.78, 5) is 13.5. The lowest BCUT2D eigenvalue weighted by Crippen LogP contribution is -2.46. The summed E-state index contributed by atoms with van der Waals surface area (Å²) < 4.78 is 7.46. The molecule has 0 atom stereocenters. The van der Waals surface area contributed by atoms with Crippen molar-refractivity contribution >= 4 is 11.6 Å². The third-order valence-electron chi connectivity index (χ3n) is 4.34. The summed E-state index contributed by atoms with van der Waals surface area (Å²) >= 11 is 0. The molecule has 1 saturated heterocycles. The van der Waals surface area contributed by atoms with E-state index in [2.05, 4.69) is 43.8 Å². The van der Waals surface area contributed by atoms with Crippen LogP contribution in [0.4, 0.5) is 5.82 Å². The zero-order chi connectivity index (χ0) is 16.5.